The number of hydrogen-bond donors (Lipinski definition) is 2. The third-order valence-electron chi connectivity index (χ3n) is 3.90. The fourth-order valence-corrected chi connectivity index (χ4v) is 2.83. The molecular formula is C16H15FN2O6. The van der Waals surface area contributed by atoms with E-state index in [-0.39, 0.29) is 28.1 Å². The predicted octanol–water partition coefficient (Wildman–Crippen LogP) is 2.23. The van der Waals surface area contributed by atoms with Crippen molar-refractivity contribution in [2.24, 2.45) is 0 Å². The summed E-state index contributed by atoms with van der Waals surface area (Å²) in [5.41, 5.74) is -0.625. The van der Waals surface area contributed by atoms with Gasteiger partial charge in [-0.2, -0.15) is 0 Å². The number of rotatable bonds is 4. The minimum absolute atomic E-state index is 0.120. The summed E-state index contributed by atoms with van der Waals surface area (Å²) in [4.78, 5) is 34.2. The van der Waals surface area contributed by atoms with Crippen molar-refractivity contribution in [1.82, 2.24) is 5.32 Å². The van der Waals surface area contributed by atoms with Crippen molar-refractivity contribution in [2.45, 2.75) is 19.8 Å². The summed E-state index contributed by atoms with van der Waals surface area (Å²) in [6.45, 7) is 2.97. The monoisotopic (exact) mass is 350 g/mol. The van der Waals surface area contributed by atoms with Crippen molar-refractivity contribution in [2.75, 3.05) is 7.11 Å². The predicted molar refractivity (Wildman–Crippen MR) is 84.0 cm³/mol. The minimum atomic E-state index is -1.38. The molecule has 0 saturated carbocycles. The molecule has 0 saturated heterocycles. The van der Waals surface area contributed by atoms with Crippen LogP contribution in [0.5, 0.6) is 0 Å². The SMILES string of the molecule is COC(=O)C1=C(C)NC(C)=C(C(=O)O)[C@@H]1c1cc([N+](=O)[O-])ccc1F. The summed E-state index contributed by atoms with van der Waals surface area (Å²) in [5.74, 6) is -4.44. The maximum absolute atomic E-state index is 14.4. The highest BCUT2D eigenvalue weighted by molar-refractivity contribution is 5.99. The second-order valence-electron chi connectivity index (χ2n) is 5.40. The lowest BCUT2D eigenvalue weighted by atomic mass is 9.80. The van der Waals surface area contributed by atoms with Gasteiger partial charge in [-0.25, -0.2) is 14.0 Å². The molecule has 1 atom stereocenters. The molecule has 132 valence electrons. The topological polar surface area (TPSA) is 119 Å². The smallest absolute Gasteiger partial charge is 0.336 e. The molecule has 0 fully saturated rings. The molecule has 0 radical (unpaired) electrons. The van der Waals surface area contributed by atoms with Crippen molar-refractivity contribution < 1.29 is 28.7 Å². The zero-order valence-corrected chi connectivity index (χ0v) is 13.6. The normalized spacial score (nSPS) is 17.2. The molecule has 8 nitrogen and oxygen atoms in total. The number of ether oxygens (including phenoxy) is 1. The van der Waals surface area contributed by atoms with Crippen LogP contribution in [0, 0.1) is 15.9 Å². The number of carbonyl (C=O) groups excluding carboxylic acids is 1. The van der Waals surface area contributed by atoms with E-state index in [4.69, 9.17) is 0 Å². The van der Waals surface area contributed by atoms with Crippen LogP contribution in [0.3, 0.4) is 0 Å². The van der Waals surface area contributed by atoms with Gasteiger partial charge in [0.1, 0.15) is 5.82 Å². The molecule has 25 heavy (non-hydrogen) atoms. The number of carboxylic acids is 1. The number of carbonyl (C=O) groups is 2. The van der Waals surface area contributed by atoms with Crippen molar-refractivity contribution >= 4 is 17.6 Å². The number of esters is 1. The van der Waals surface area contributed by atoms with E-state index in [1.54, 1.807) is 0 Å². The molecule has 1 aromatic carbocycles. The second-order valence-corrected chi connectivity index (χ2v) is 5.40. The number of benzene rings is 1. The summed E-state index contributed by atoms with van der Waals surface area (Å²) in [5, 5.41) is 23.3. The Hall–Kier alpha value is -3.23. The highest BCUT2D eigenvalue weighted by Gasteiger charge is 2.39. The lowest BCUT2D eigenvalue weighted by molar-refractivity contribution is -0.385. The van der Waals surface area contributed by atoms with Crippen molar-refractivity contribution in [3.05, 3.63) is 62.2 Å². The lowest BCUT2D eigenvalue weighted by Gasteiger charge is -2.29. The Balaban J connectivity index is 2.80. The second kappa shape index (κ2) is 6.71. The van der Waals surface area contributed by atoms with Gasteiger partial charge in [0.25, 0.3) is 5.69 Å². The van der Waals surface area contributed by atoms with E-state index in [0.717, 1.165) is 25.3 Å². The number of hydrogen-bond acceptors (Lipinski definition) is 6. The van der Waals surface area contributed by atoms with Crippen molar-refractivity contribution in [3.8, 4) is 0 Å². The van der Waals surface area contributed by atoms with E-state index >= 15 is 0 Å². The number of nitrogens with zero attached hydrogens (tertiary/aromatic N) is 1. The maximum Gasteiger partial charge on any atom is 0.336 e. The molecule has 1 aromatic rings. The van der Waals surface area contributed by atoms with Crippen LogP contribution in [0.2, 0.25) is 0 Å². The number of dihydropyridines is 1. The molecule has 9 heteroatoms. The minimum Gasteiger partial charge on any atom is -0.478 e. The first-order chi connectivity index (χ1) is 11.7. The molecule has 0 unspecified atom stereocenters. The number of aliphatic carboxylic acids is 1. The zero-order valence-electron chi connectivity index (χ0n) is 13.6. The quantitative estimate of drug-likeness (QED) is 0.485. The average Bonchev–Trinajstić information content (AvgIpc) is 2.53. The van der Waals surface area contributed by atoms with E-state index in [1.165, 1.54) is 13.8 Å². The van der Waals surface area contributed by atoms with E-state index in [2.05, 4.69) is 10.1 Å². The number of allylic oxidation sites excluding steroid dienone is 2. The largest absolute Gasteiger partial charge is 0.478 e. The Morgan fingerprint density at radius 1 is 1.28 bits per heavy atom. The molecule has 0 bridgehead atoms. The van der Waals surface area contributed by atoms with E-state index in [9.17, 15) is 29.2 Å². The van der Waals surface area contributed by atoms with E-state index in [0.29, 0.717) is 0 Å². The van der Waals surface area contributed by atoms with Gasteiger partial charge < -0.3 is 15.2 Å². The number of carboxylic acid groups (broad SMARTS) is 1. The molecule has 1 aliphatic heterocycles. The van der Waals surface area contributed by atoms with Gasteiger partial charge in [-0.1, -0.05) is 0 Å². The maximum atomic E-state index is 14.4. The molecule has 0 spiro atoms. The van der Waals surface area contributed by atoms with Gasteiger partial charge in [0.05, 0.1) is 29.1 Å². The van der Waals surface area contributed by atoms with Crippen LogP contribution in [0.25, 0.3) is 0 Å². The van der Waals surface area contributed by atoms with E-state index < -0.39 is 34.3 Å². The summed E-state index contributed by atoms with van der Waals surface area (Å²) in [6.07, 6.45) is 0. The Bertz CT molecular complexity index is 843. The Kier molecular flexibility index (Phi) is 4.87. The number of nitro benzene ring substituents is 1. The van der Waals surface area contributed by atoms with Gasteiger partial charge in [0.15, 0.2) is 0 Å². The molecule has 0 amide bonds. The number of nitrogens with one attached hydrogen (secondary N) is 1. The van der Waals surface area contributed by atoms with Gasteiger partial charge in [0, 0.05) is 29.1 Å². The summed E-state index contributed by atoms with van der Waals surface area (Å²) in [6, 6.07) is 2.76. The first-order valence-electron chi connectivity index (χ1n) is 7.13. The van der Waals surface area contributed by atoms with Crippen LogP contribution in [0.4, 0.5) is 10.1 Å². The molecule has 2 N–H and O–H groups in total. The Morgan fingerprint density at radius 2 is 1.88 bits per heavy atom. The first kappa shape index (κ1) is 18.1. The number of halogens is 1. The van der Waals surface area contributed by atoms with Gasteiger partial charge in [0.2, 0.25) is 0 Å². The summed E-state index contributed by atoms with van der Waals surface area (Å²) < 4.78 is 19.1. The van der Waals surface area contributed by atoms with Gasteiger partial charge >= 0.3 is 11.9 Å². The zero-order chi connectivity index (χ0) is 18.9. The van der Waals surface area contributed by atoms with Crippen LogP contribution < -0.4 is 5.32 Å². The molecular weight excluding hydrogens is 335 g/mol. The number of methoxy groups -OCH3 is 1. The van der Waals surface area contributed by atoms with Crippen LogP contribution in [-0.2, 0) is 14.3 Å². The molecule has 1 heterocycles. The van der Waals surface area contributed by atoms with Crippen LogP contribution in [-0.4, -0.2) is 29.1 Å². The van der Waals surface area contributed by atoms with Gasteiger partial charge in [-0.05, 0) is 19.9 Å². The number of non-ortho nitro benzene ring substituents is 1. The first-order valence-corrected chi connectivity index (χ1v) is 7.13. The molecule has 2 rings (SSSR count). The van der Waals surface area contributed by atoms with Gasteiger partial charge in [-0.3, -0.25) is 10.1 Å². The Morgan fingerprint density at radius 3 is 2.40 bits per heavy atom. The Labute approximate surface area is 141 Å². The molecule has 0 aliphatic carbocycles. The van der Waals surface area contributed by atoms with Crippen molar-refractivity contribution in [1.29, 1.82) is 0 Å². The fraction of sp³-hybridized carbons (Fsp3) is 0.250. The highest BCUT2D eigenvalue weighted by atomic mass is 19.1. The van der Waals surface area contributed by atoms with Crippen LogP contribution in [0.15, 0.2) is 40.7 Å². The third kappa shape index (κ3) is 3.21. The van der Waals surface area contributed by atoms with E-state index in [1.807, 2.05) is 0 Å². The molecule has 0 aromatic heterocycles. The lowest BCUT2D eigenvalue weighted by Crippen LogP contribution is -2.32. The molecule has 1 aliphatic rings. The van der Waals surface area contributed by atoms with Crippen molar-refractivity contribution in [3.63, 3.8) is 0 Å². The van der Waals surface area contributed by atoms with Gasteiger partial charge in [-0.15, -0.1) is 0 Å². The average molecular weight is 350 g/mol. The summed E-state index contributed by atoms with van der Waals surface area (Å²) >= 11 is 0. The van der Waals surface area contributed by atoms with Crippen LogP contribution in [0.1, 0.15) is 25.3 Å². The summed E-state index contributed by atoms with van der Waals surface area (Å²) in [7, 11) is 1.11. The third-order valence-corrected chi connectivity index (χ3v) is 3.90. The van der Waals surface area contributed by atoms with Crippen LogP contribution >= 0.6 is 0 Å². The standard InChI is InChI=1S/C16H15FN2O6/c1-7-12(15(20)21)14(13(8(2)18-7)16(22)25-3)10-6-9(19(23)24)4-5-11(10)17/h4-6,14,18H,1-3H3,(H,20,21)/t14-/m0/s1. The fourth-order valence-electron chi connectivity index (χ4n) is 2.83. The number of nitro groups is 1. The highest BCUT2D eigenvalue weighted by Crippen LogP contribution is 2.40.